The molecule has 0 fully saturated rings. The van der Waals surface area contributed by atoms with Crippen molar-refractivity contribution in [2.24, 2.45) is 0 Å². The summed E-state index contributed by atoms with van der Waals surface area (Å²) in [6.07, 6.45) is 0. The average molecular weight is 440 g/mol. The SMILES string of the molecule is CC1(C)c2ccccc2N(c2ccccc2)c2cc(Br)c(-c3ccccc3)cc21. The molecular formula is C27H22BrN. The Morgan fingerprint density at radius 1 is 0.655 bits per heavy atom. The first-order valence-corrected chi connectivity index (χ1v) is 10.7. The molecular weight excluding hydrogens is 418 g/mol. The molecule has 0 aromatic heterocycles. The van der Waals surface area contributed by atoms with Crippen molar-refractivity contribution in [1.29, 1.82) is 0 Å². The fraction of sp³-hybridized carbons (Fsp3) is 0.111. The Morgan fingerprint density at radius 2 is 1.28 bits per heavy atom. The highest BCUT2D eigenvalue weighted by atomic mass is 79.9. The summed E-state index contributed by atoms with van der Waals surface area (Å²) in [6, 6.07) is 34.6. The van der Waals surface area contributed by atoms with Gasteiger partial charge in [-0.3, -0.25) is 0 Å². The lowest BCUT2D eigenvalue weighted by Gasteiger charge is -2.42. The van der Waals surface area contributed by atoms with Gasteiger partial charge in [-0.05, 0) is 52.6 Å². The van der Waals surface area contributed by atoms with Crippen LogP contribution in [0.15, 0.2) is 102 Å². The second kappa shape index (κ2) is 6.89. The maximum absolute atomic E-state index is 3.86. The second-order valence-electron chi connectivity index (χ2n) is 8.03. The lowest BCUT2D eigenvalue weighted by molar-refractivity contribution is 0.632. The van der Waals surface area contributed by atoms with Crippen LogP contribution in [-0.2, 0) is 5.41 Å². The lowest BCUT2D eigenvalue weighted by Crippen LogP contribution is -2.30. The van der Waals surface area contributed by atoms with Gasteiger partial charge in [0.2, 0.25) is 0 Å². The summed E-state index contributed by atoms with van der Waals surface area (Å²) in [7, 11) is 0. The number of fused-ring (bicyclic) bond motifs is 2. The normalized spacial score (nSPS) is 14.2. The Morgan fingerprint density at radius 3 is 2.00 bits per heavy atom. The molecule has 1 aliphatic heterocycles. The molecule has 4 aromatic rings. The molecule has 1 nitrogen and oxygen atoms in total. The van der Waals surface area contributed by atoms with Crippen LogP contribution in [0.3, 0.4) is 0 Å². The van der Waals surface area contributed by atoms with Crippen molar-refractivity contribution in [1.82, 2.24) is 0 Å². The number of rotatable bonds is 2. The molecule has 0 amide bonds. The van der Waals surface area contributed by atoms with Gasteiger partial charge in [-0.25, -0.2) is 0 Å². The van der Waals surface area contributed by atoms with Gasteiger partial charge in [0.25, 0.3) is 0 Å². The lowest BCUT2D eigenvalue weighted by atomic mass is 9.73. The van der Waals surface area contributed by atoms with E-state index in [0.717, 1.165) is 4.47 Å². The van der Waals surface area contributed by atoms with Gasteiger partial charge in [-0.15, -0.1) is 0 Å². The number of hydrogen-bond donors (Lipinski definition) is 0. The zero-order chi connectivity index (χ0) is 20.0. The molecule has 0 aliphatic carbocycles. The third kappa shape index (κ3) is 2.90. The molecule has 0 unspecified atom stereocenters. The minimum atomic E-state index is -0.0958. The summed E-state index contributed by atoms with van der Waals surface area (Å²) in [5.74, 6) is 0. The Kier molecular flexibility index (Phi) is 4.33. The maximum Gasteiger partial charge on any atom is 0.0514 e. The van der Waals surface area contributed by atoms with Crippen LogP contribution in [0.1, 0.15) is 25.0 Å². The third-order valence-electron chi connectivity index (χ3n) is 5.92. The van der Waals surface area contributed by atoms with E-state index < -0.39 is 0 Å². The van der Waals surface area contributed by atoms with Crippen LogP contribution in [0.4, 0.5) is 17.1 Å². The van der Waals surface area contributed by atoms with E-state index in [1.807, 2.05) is 0 Å². The van der Waals surface area contributed by atoms with Crippen LogP contribution in [-0.4, -0.2) is 0 Å². The van der Waals surface area contributed by atoms with Crippen molar-refractivity contribution in [2.45, 2.75) is 19.3 Å². The summed E-state index contributed by atoms with van der Waals surface area (Å²) >= 11 is 3.86. The molecule has 29 heavy (non-hydrogen) atoms. The quantitative estimate of drug-likeness (QED) is 0.304. The number of benzene rings is 4. The molecule has 2 heteroatoms. The standard InChI is InChI=1S/C27H22BrN/c1-27(2)22-15-9-10-16-25(22)29(20-13-7-4-8-14-20)26-18-24(28)21(17-23(26)27)19-11-5-3-6-12-19/h3-18H,1-2H3. The van der Waals surface area contributed by atoms with Gasteiger partial charge >= 0.3 is 0 Å². The predicted molar refractivity (Wildman–Crippen MR) is 126 cm³/mol. The Bertz CT molecular complexity index is 1180. The first-order valence-electron chi connectivity index (χ1n) is 9.91. The van der Waals surface area contributed by atoms with Gasteiger partial charge < -0.3 is 4.90 Å². The van der Waals surface area contributed by atoms with Gasteiger partial charge in [0, 0.05) is 15.6 Å². The molecule has 5 rings (SSSR count). The zero-order valence-electron chi connectivity index (χ0n) is 16.6. The summed E-state index contributed by atoms with van der Waals surface area (Å²) in [6.45, 7) is 4.66. The summed E-state index contributed by atoms with van der Waals surface area (Å²) in [4.78, 5) is 2.38. The van der Waals surface area contributed by atoms with Crippen molar-refractivity contribution in [3.8, 4) is 11.1 Å². The number of para-hydroxylation sites is 2. The van der Waals surface area contributed by atoms with E-state index in [2.05, 4.69) is 132 Å². The van der Waals surface area contributed by atoms with Crippen molar-refractivity contribution in [2.75, 3.05) is 4.90 Å². The highest BCUT2D eigenvalue weighted by Crippen LogP contribution is 2.53. The van der Waals surface area contributed by atoms with Crippen molar-refractivity contribution < 1.29 is 0 Å². The molecule has 0 radical (unpaired) electrons. The smallest absolute Gasteiger partial charge is 0.0514 e. The van der Waals surface area contributed by atoms with Crippen LogP contribution < -0.4 is 4.90 Å². The fourth-order valence-electron chi connectivity index (χ4n) is 4.41. The summed E-state index contributed by atoms with van der Waals surface area (Å²) in [5.41, 5.74) is 8.69. The molecule has 142 valence electrons. The van der Waals surface area contributed by atoms with Crippen LogP contribution in [0.5, 0.6) is 0 Å². The zero-order valence-corrected chi connectivity index (χ0v) is 18.1. The monoisotopic (exact) mass is 439 g/mol. The minimum absolute atomic E-state index is 0.0958. The van der Waals surface area contributed by atoms with Gasteiger partial charge in [-0.2, -0.15) is 0 Å². The van der Waals surface area contributed by atoms with Crippen LogP contribution >= 0.6 is 15.9 Å². The molecule has 4 aromatic carbocycles. The van der Waals surface area contributed by atoms with Gasteiger partial charge in [0.1, 0.15) is 0 Å². The first kappa shape index (κ1) is 18.2. The summed E-state index contributed by atoms with van der Waals surface area (Å²) < 4.78 is 1.11. The highest BCUT2D eigenvalue weighted by molar-refractivity contribution is 9.10. The molecule has 0 bridgehead atoms. The van der Waals surface area contributed by atoms with Crippen LogP contribution in [0.2, 0.25) is 0 Å². The van der Waals surface area contributed by atoms with Gasteiger partial charge in [0.05, 0.1) is 11.4 Å². The topological polar surface area (TPSA) is 3.24 Å². The van der Waals surface area contributed by atoms with Crippen molar-refractivity contribution in [3.63, 3.8) is 0 Å². The van der Waals surface area contributed by atoms with Crippen LogP contribution in [0, 0.1) is 0 Å². The second-order valence-corrected chi connectivity index (χ2v) is 8.88. The van der Waals surface area contributed by atoms with E-state index >= 15 is 0 Å². The number of halogens is 1. The molecule has 1 heterocycles. The minimum Gasteiger partial charge on any atom is -0.310 e. The molecule has 0 saturated heterocycles. The number of anilines is 3. The van der Waals surface area contributed by atoms with Crippen molar-refractivity contribution in [3.05, 3.63) is 113 Å². The molecule has 0 atom stereocenters. The fourth-order valence-corrected chi connectivity index (χ4v) is 4.97. The Hall–Kier alpha value is -2.84. The highest BCUT2D eigenvalue weighted by Gasteiger charge is 2.37. The predicted octanol–water partition coefficient (Wildman–Crippen LogP) is 8.23. The first-order chi connectivity index (χ1) is 14.1. The van der Waals surface area contributed by atoms with E-state index in [4.69, 9.17) is 0 Å². The van der Waals surface area contributed by atoms with Crippen LogP contribution in [0.25, 0.3) is 11.1 Å². The number of hydrogen-bond acceptors (Lipinski definition) is 1. The van der Waals surface area contributed by atoms with E-state index in [-0.39, 0.29) is 5.41 Å². The average Bonchev–Trinajstić information content (AvgIpc) is 2.75. The van der Waals surface area contributed by atoms with E-state index in [1.54, 1.807) is 0 Å². The number of nitrogens with zero attached hydrogens (tertiary/aromatic N) is 1. The Balaban J connectivity index is 1.81. The third-order valence-corrected chi connectivity index (χ3v) is 6.57. The largest absolute Gasteiger partial charge is 0.310 e. The summed E-state index contributed by atoms with van der Waals surface area (Å²) in [5, 5.41) is 0. The van der Waals surface area contributed by atoms with Gasteiger partial charge in [-0.1, -0.05) is 96.5 Å². The van der Waals surface area contributed by atoms with E-state index in [1.165, 1.54) is 39.3 Å². The van der Waals surface area contributed by atoms with E-state index in [9.17, 15) is 0 Å². The maximum atomic E-state index is 3.86. The Labute approximate surface area is 180 Å². The van der Waals surface area contributed by atoms with Crippen molar-refractivity contribution >= 4 is 33.0 Å². The molecule has 1 aliphatic rings. The molecule has 0 spiro atoms. The molecule has 0 N–H and O–H groups in total. The van der Waals surface area contributed by atoms with E-state index in [0.29, 0.717) is 0 Å². The van der Waals surface area contributed by atoms with Gasteiger partial charge in [0.15, 0.2) is 0 Å². The molecule has 0 saturated carbocycles.